The number of halogens is 6. The third-order valence-corrected chi connectivity index (χ3v) is 9.39. The number of carbonyl (C=O) groups is 3. The number of piperazine rings is 1. The van der Waals surface area contributed by atoms with Gasteiger partial charge in [-0.3, -0.25) is 14.5 Å². The molecule has 6 rings (SSSR count). The van der Waals surface area contributed by atoms with E-state index >= 15 is 0 Å². The Hall–Kier alpha value is -5.32. The number of hydrogen-bond acceptors (Lipinski definition) is 8. The van der Waals surface area contributed by atoms with Crippen LogP contribution >= 0.6 is 0 Å². The number of nitrogens with one attached hydrogen (secondary N) is 1. The lowest BCUT2D eigenvalue weighted by atomic mass is 9.89. The number of alkyl halides is 6. The first-order chi connectivity index (χ1) is 25.1. The summed E-state index contributed by atoms with van der Waals surface area (Å²) >= 11 is 0. The molecule has 0 aliphatic carbocycles. The number of ether oxygens (including phenoxy) is 3. The van der Waals surface area contributed by atoms with Crippen LogP contribution in [0.1, 0.15) is 36.1 Å². The molecule has 0 spiro atoms. The highest BCUT2D eigenvalue weighted by molar-refractivity contribution is 6.09. The molecule has 4 amide bonds. The van der Waals surface area contributed by atoms with Crippen LogP contribution < -0.4 is 19.7 Å². The molecule has 3 aromatic rings. The largest absolute Gasteiger partial charge is 0.484 e. The Balaban J connectivity index is 1.16. The predicted octanol–water partition coefficient (Wildman–Crippen LogP) is 5.54. The first-order valence-corrected chi connectivity index (χ1v) is 16.6. The second-order valence-corrected chi connectivity index (χ2v) is 12.8. The normalized spacial score (nSPS) is 19.6. The van der Waals surface area contributed by atoms with Crippen molar-refractivity contribution in [3.8, 4) is 11.6 Å². The molecule has 2 saturated heterocycles. The van der Waals surface area contributed by atoms with E-state index in [-0.39, 0.29) is 49.8 Å². The van der Waals surface area contributed by atoms with Crippen LogP contribution in [0.25, 0.3) is 6.08 Å². The van der Waals surface area contributed by atoms with Gasteiger partial charge in [-0.2, -0.15) is 26.3 Å². The lowest BCUT2D eigenvalue weighted by Gasteiger charge is -2.39. The minimum atomic E-state index is -5.87. The summed E-state index contributed by atoms with van der Waals surface area (Å²) in [7, 11) is 0. The number of benzene rings is 2. The maximum Gasteiger partial charge on any atom is 0.430 e. The maximum absolute atomic E-state index is 14.6. The van der Waals surface area contributed by atoms with Crippen molar-refractivity contribution >= 4 is 29.6 Å². The summed E-state index contributed by atoms with van der Waals surface area (Å²) in [5.41, 5.74) is -6.40. The number of nitrogens with zero attached hydrogens (tertiary/aromatic N) is 4. The first-order valence-electron chi connectivity index (χ1n) is 16.6. The zero-order valence-corrected chi connectivity index (χ0v) is 28.6. The second-order valence-electron chi connectivity index (χ2n) is 12.8. The summed E-state index contributed by atoms with van der Waals surface area (Å²) in [5, 5.41) is 2.62. The van der Waals surface area contributed by atoms with E-state index in [1.165, 1.54) is 60.5 Å². The molecule has 0 bridgehead atoms. The molecule has 53 heavy (non-hydrogen) atoms. The van der Waals surface area contributed by atoms with Gasteiger partial charge < -0.3 is 29.3 Å². The van der Waals surface area contributed by atoms with Crippen LogP contribution in [0, 0.1) is 0 Å². The van der Waals surface area contributed by atoms with Gasteiger partial charge >= 0.3 is 18.4 Å². The van der Waals surface area contributed by atoms with Crippen molar-refractivity contribution in [3.05, 3.63) is 89.1 Å². The standard InChI is InChI=1S/C36H35F6N5O6/c1-3-7-24-18-25(34(35(37,38)39,36(40,41)42)53-22-23-8-5-4-6-9-23)10-11-27(24)45-12-14-46(15-13-45)29(48)21-47-31(49)33(2,44-32(47)50)26-19-28-30(43-20-26)52-17-16-51-28/h3-11,18-20H,12-17,21-22H2,1-2H3,(H,44,50). The van der Waals surface area contributed by atoms with Crippen LogP contribution in [0.3, 0.4) is 0 Å². The van der Waals surface area contributed by atoms with Gasteiger partial charge in [-0.05, 0) is 43.2 Å². The number of allylic oxidation sites excluding steroid dienone is 1. The Morgan fingerprint density at radius 3 is 2.30 bits per heavy atom. The lowest BCUT2D eigenvalue weighted by Crippen LogP contribution is -2.56. The molecule has 3 aliphatic heterocycles. The number of carbonyl (C=O) groups excluding carboxylic acids is 3. The molecule has 4 heterocycles. The van der Waals surface area contributed by atoms with Crippen molar-refractivity contribution in [2.45, 2.75) is 43.9 Å². The highest BCUT2D eigenvalue weighted by Crippen LogP contribution is 2.54. The van der Waals surface area contributed by atoms with Crippen LogP contribution in [0.5, 0.6) is 11.6 Å². The Morgan fingerprint density at radius 2 is 1.64 bits per heavy atom. The fourth-order valence-corrected chi connectivity index (χ4v) is 6.55. The molecule has 2 fully saturated rings. The number of pyridine rings is 1. The average Bonchev–Trinajstić information content (AvgIpc) is 3.34. The van der Waals surface area contributed by atoms with E-state index in [0.717, 1.165) is 17.0 Å². The summed E-state index contributed by atoms with van der Waals surface area (Å²) in [5.74, 6) is -0.639. The van der Waals surface area contributed by atoms with Crippen LogP contribution in [0.4, 0.5) is 36.8 Å². The third-order valence-electron chi connectivity index (χ3n) is 9.39. The van der Waals surface area contributed by atoms with Gasteiger partial charge in [0.25, 0.3) is 17.4 Å². The number of urea groups is 1. The topological polar surface area (TPSA) is 114 Å². The molecule has 17 heteroatoms. The van der Waals surface area contributed by atoms with E-state index < -0.39 is 60.1 Å². The summed E-state index contributed by atoms with van der Waals surface area (Å²) in [4.78, 5) is 47.9. The molecule has 3 aliphatic rings. The zero-order chi connectivity index (χ0) is 38.2. The minimum absolute atomic E-state index is 0.0817. The molecule has 1 aromatic heterocycles. The monoisotopic (exact) mass is 747 g/mol. The van der Waals surface area contributed by atoms with Crippen molar-refractivity contribution in [1.82, 2.24) is 20.1 Å². The molecule has 282 valence electrons. The highest BCUT2D eigenvalue weighted by Gasteiger charge is 2.73. The number of amides is 4. The van der Waals surface area contributed by atoms with Gasteiger partial charge in [0.15, 0.2) is 5.75 Å². The third kappa shape index (κ3) is 6.96. The van der Waals surface area contributed by atoms with Crippen molar-refractivity contribution in [3.63, 3.8) is 0 Å². The Kier molecular flexibility index (Phi) is 10.1. The number of imide groups is 1. The van der Waals surface area contributed by atoms with Gasteiger partial charge in [-0.15, -0.1) is 0 Å². The second kappa shape index (κ2) is 14.2. The van der Waals surface area contributed by atoms with E-state index in [2.05, 4.69) is 10.3 Å². The van der Waals surface area contributed by atoms with E-state index in [4.69, 9.17) is 14.2 Å². The summed E-state index contributed by atoms with van der Waals surface area (Å²) in [6.45, 7) is 2.66. The molecular weight excluding hydrogens is 712 g/mol. The van der Waals surface area contributed by atoms with Gasteiger partial charge in [-0.1, -0.05) is 48.6 Å². The van der Waals surface area contributed by atoms with E-state index in [0.29, 0.717) is 23.6 Å². The summed E-state index contributed by atoms with van der Waals surface area (Å²) < 4.78 is 103. The summed E-state index contributed by atoms with van der Waals surface area (Å²) in [6.07, 6.45) is -7.46. The lowest BCUT2D eigenvalue weighted by molar-refractivity contribution is -0.392. The molecule has 1 atom stereocenters. The highest BCUT2D eigenvalue weighted by atomic mass is 19.4. The Bertz CT molecular complexity index is 1880. The molecule has 2 aromatic carbocycles. The van der Waals surface area contributed by atoms with Crippen LogP contribution in [-0.4, -0.2) is 90.9 Å². The van der Waals surface area contributed by atoms with E-state index in [9.17, 15) is 40.7 Å². The minimum Gasteiger partial charge on any atom is -0.484 e. The predicted molar refractivity (Wildman–Crippen MR) is 178 cm³/mol. The first kappa shape index (κ1) is 37.4. The van der Waals surface area contributed by atoms with Gasteiger partial charge in [0.05, 0.1) is 6.61 Å². The van der Waals surface area contributed by atoms with Crippen molar-refractivity contribution in [2.75, 3.05) is 50.8 Å². The van der Waals surface area contributed by atoms with E-state index in [1.54, 1.807) is 24.0 Å². The quantitative estimate of drug-likeness (QED) is 0.225. The molecular formula is C36H35F6N5O6. The van der Waals surface area contributed by atoms with Crippen molar-refractivity contribution in [1.29, 1.82) is 0 Å². The average molecular weight is 748 g/mol. The zero-order valence-electron chi connectivity index (χ0n) is 28.6. The molecule has 1 unspecified atom stereocenters. The maximum atomic E-state index is 14.6. The molecule has 0 radical (unpaired) electrons. The number of aromatic nitrogens is 1. The number of anilines is 1. The van der Waals surface area contributed by atoms with Crippen molar-refractivity contribution in [2.24, 2.45) is 0 Å². The smallest absolute Gasteiger partial charge is 0.430 e. The Morgan fingerprint density at radius 1 is 0.962 bits per heavy atom. The fraction of sp³-hybridized carbons (Fsp3) is 0.389. The molecule has 11 nitrogen and oxygen atoms in total. The Labute approximate surface area is 300 Å². The van der Waals surface area contributed by atoms with Gasteiger partial charge in [0.1, 0.15) is 25.3 Å². The van der Waals surface area contributed by atoms with Crippen LogP contribution in [-0.2, 0) is 32.1 Å². The van der Waals surface area contributed by atoms with Crippen LogP contribution in [0.2, 0.25) is 0 Å². The fourth-order valence-electron chi connectivity index (χ4n) is 6.55. The number of fused-ring (bicyclic) bond motifs is 1. The van der Waals surface area contributed by atoms with Gasteiger partial charge in [0.2, 0.25) is 5.91 Å². The number of rotatable bonds is 9. The van der Waals surface area contributed by atoms with Crippen LogP contribution in [0.15, 0.2) is 66.9 Å². The van der Waals surface area contributed by atoms with Gasteiger partial charge in [0, 0.05) is 49.2 Å². The SMILES string of the molecule is CC=Cc1cc(C(OCc2ccccc2)(C(F)(F)F)C(F)(F)F)ccc1N1CCN(C(=O)CN2C(=O)NC(C)(c3cnc4c(c3)OCCO4)C2=O)CC1. The molecule has 0 saturated carbocycles. The molecule has 1 N–H and O–H groups in total. The summed E-state index contributed by atoms with van der Waals surface area (Å²) in [6, 6.07) is 10.8. The number of hydrogen-bond donors (Lipinski definition) is 1. The van der Waals surface area contributed by atoms with Gasteiger partial charge in [-0.25, -0.2) is 9.78 Å². The van der Waals surface area contributed by atoms with Crippen molar-refractivity contribution < 1.29 is 54.9 Å². The van der Waals surface area contributed by atoms with E-state index in [1.807, 2.05) is 0 Å².